The molecule has 0 radical (unpaired) electrons. The lowest BCUT2D eigenvalue weighted by molar-refractivity contribution is -0.138. The predicted octanol–water partition coefficient (Wildman–Crippen LogP) is 2.97. The van der Waals surface area contributed by atoms with E-state index in [1.54, 1.807) is 24.3 Å². The van der Waals surface area contributed by atoms with Gasteiger partial charge < -0.3 is 10.4 Å². The van der Waals surface area contributed by atoms with Crippen LogP contribution < -0.4 is 5.32 Å². The molecular weight excluding hydrogens is 324 g/mol. The summed E-state index contributed by atoms with van der Waals surface area (Å²) in [5.41, 5.74) is 1.35. The summed E-state index contributed by atoms with van der Waals surface area (Å²) in [5, 5.41) is 14.9. The van der Waals surface area contributed by atoms with Crippen LogP contribution in [-0.2, 0) is 21.4 Å². The van der Waals surface area contributed by atoms with Gasteiger partial charge in [0.1, 0.15) is 0 Å². The average Bonchev–Trinajstić information content (AvgIpc) is 2.97. The number of nitrogens with one attached hydrogen (secondary N) is 1. The number of carbonyl (C=O) groups excluding carboxylic acids is 1. The number of carboxylic acid groups (broad SMARTS) is 1. The van der Waals surface area contributed by atoms with Crippen molar-refractivity contribution >= 4 is 23.2 Å². The minimum atomic E-state index is -0.954. The van der Waals surface area contributed by atoms with Gasteiger partial charge in [0, 0.05) is 17.3 Å². The molecule has 1 aromatic heterocycles. The molecule has 128 valence electrons. The highest BCUT2D eigenvalue weighted by Gasteiger charge is 2.21. The van der Waals surface area contributed by atoms with Crippen molar-refractivity contribution in [3.8, 4) is 0 Å². The molecule has 1 aromatic carbocycles. The summed E-state index contributed by atoms with van der Waals surface area (Å²) in [7, 11) is 0. The summed E-state index contributed by atoms with van der Waals surface area (Å²) in [6, 6.07) is 8.91. The van der Waals surface area contributed by atoms with Crippen LogP contribution in [0.25, 0.3) is 0 Å². The van der Waals surface area contributed by atoms with E-state index in [2.05, 4.69) is 31.1 Å². The van der Waals surface area contributed by atoms with Crippen LogP contribution in [0, 0.1) is 0 Å². The van der Waals surface area contributed by atoms with Crippen molar-refractivity contribution in [2.45, 2.75) is 38.5 Å². The summed E-state index contributed by atoms with van der Waals surface area (Å²) >= 11 is 1.54. The summed E-state index contributed by atoms with van der Waals surface area (Å²) in [4.78, 5) is 28.0. The quantitative estimate of drug-likeness (QED) is 0.843. The number of nitrogens with zero attached hydrogens (tertiary/aromatic N) is 1. The second kappa shape index (κ2) is 7.57. The molecule has 0 saturated carbocycles. The zero-order chi connectivity index (χ0) is 17.7. The highest BCUT2D eigenvalue weighted by atomic mass is 32.1. The van der Waals surface area contributed by atoms with E-state index < -0.39 is 11.9 Å². The molecule has 0 aliphatic carbocycles. The molecule has 0 aliphatic heterocycles. The van der Waals surface area contributed by atoms with Gasteiger partial charge in [-0.15, -0.1) is 11.3 Å². The van der Waals surface area contributed by atoms with E-state index in [1.807, 2.05) is 11.4 Å². The number of thiazole rings is 1. The van der Waals surface area contributed by atoms with E-state index in [0.29, 0.717) is 11.3 Å². The van der Waals surface area contributed by atoms with Gasteiger partial charge in [0.05, 0.1) is 23.0 Å². The van der Waals surface area contributed by atoms with Gasteiger partial charge in [0.15, 0.2) is 0 Å². The van der Waals surface area contributed by atoms with Gasteiger partial charge in [-0.05, 0) is 5.56 Å². The first kappa shape index (κ1) is 18.1. The van der Waals surface area contributed by atoms with Crippen molar-refractivity contribution < 1.29 is 14.7 Å². The highest BCUT2D eigenvalue weighted by Crippen LogP contribution is 2.25. The smallest absolute Gasteiger partial charge is 0.312 e. The SMILES string of the molecule is CC(C)(C)c1nc(CC(=O)NCC(C(=O)O)c2ccccc2)cs1. The number of hydrogen-bond donors (Lipinski definition) is 2. The standard InChI is InChI=1S/C18H22N2O3S/c1-18(2,3)17-20-13(11-24-17)9-15(21)19-10-14(16(22)23)12-7-5-4-6-8-12/h4-8,11,14H,9-10H2,1-3H3,(H,19,21)(H,22,23). The maximum atomic E-state index is 12.1. The van der Waals surface area contributed by atoms with Gasteiger partial charge in [-0.25, -0.2) is 4.98 Å². The molecule has 0 bridgehead atoms. The van der Waals surface area contributed by atoms with E-state index >= 15 is 0 Å². The summed E-state index contributed by atoms with van der Waals surface area (Å²) in [5.74, 6) is -1.93. The Morgan fingerprint density at radius 3 is 2.46 bits per heavy atom. The molecule has 0 fully saturated rings. The molecule has 0 saturated heterocycles. The van der Waals surface area contributed by atoms with E-state index in [9.17, 15) is 14.7 Å². The Kier molecular flexibility index (Phi) is 5.72. The normalized spacial score (nSPS) is 12.6. The van der Waals surface area contributed by atoms with Crippen LogP contribution >= 0.6 is 11.3 Å². The number of hydrogen-bond acceptors (Lipinski definition) is 4. The first-order valence-corrected chi connectivity index (χ1v) is 8.64. The van der Waals surface area contributed by atoms with E-state index in [0.717, 1.165) is 5.01 Å². The number of aliphatic carboxylic acids is 1. The van der Waals surface area contributed by atoms with Crippen LogP contribution in [0.4, 0.5) is 0 Å². The number of carboxylic acids is 1. The first-order valence-electron chi connectivity index (χ1n) is 7.76. The molecule has 6 heteroatoms. The lowest BCUT2D eigenvalue weighted by atomic mass is 9.98. The molecule has 1 amide bonds. The highest BCUT2D eigenvalue weighted by molar-refractivity contribution is 7.09. The van der Waals surface area contributed by atoms with Crippen LogP contribution in [-0.4, -0.2) is 28.5 Å². The molecule has 2 rings (SSSR count). The lowest BCUT2D eigenvalue weighted by Gasteiger charge is -2.14. The van der Waals surface area contributed by atoms with Crippen molar-refractivity contribution in [1.29, 1.82) is 0 Å². The van der Waals surface area contributed by atoms with E-state index in [1.165, 1.54) is 11.3 Å². The molecule has 1 atom stereocenters. The van der Waals surface area contributed by atoms with Crippen molar-refractivity contribution in [1.82, 2.24) is 10.3 Å². The topological polar surface area (TPSA) is 79.3 Å². The Balaban J connectivity index is 1.94. The summed E-state index contributed by atoms with van der Waals surface area (Å²) < 4.78 is 0. The second-order valence-electron chi connectivity index (χ2n) is 6.68. The molecule has 0 aliphatic rings. The number of aromatic nitrogens is 1. The molecular formula is C18H22N2O3S. The average molecular weight is 346 g/mol. The van der Waals surface area contributed by atoms with Crippen LogP contribution in [0.1, 0.15) is 43.0 Å². The van der Waals surface area contributed by atoms with Gasteiger partial charge >= 0.3 is 5.97 Å². The zero-order valence-electron chi connectivity index (χ0n) is 14.1. The van der Waals surface area contributed by atoms with Gasteiger partial charge in [-0.3, -0.25) is 9.59 Å². The Bertz CT molecular complexity index is 705. The third kappa shape index (κ3) is 4.89. The monoisotopic (exact) mass is 346 g/mol. The fourth-order valence-corrected chi connectivity index (χ4v) is 3.12. The fraction of sp³-hybridized carbons (Fsp3) is 0.389. The van der Waals surface area contributed by atoms with Crippen molar-refractivity contribution in [3.63, 3.8) is 0 Å². The minimum Gasteiger partial charge on any atom is -0.481 e. The third-order valence-corrected chi connectivity index (χ3v) is 4.86. The van der Waals surface area contributed by atoms with Gasteiger partial charge in [-0.1, -0.05) is 51.1 Å². The van der Waals surface area contributed by atoms with Crippen molar-refractivity contribution in [2.24, 2.45) is 0 Å². The molecule has 5 nitrogen and oxygen atoms in total. The Morgan fingerprint density at radius 2 is 1.92 bits per heavy atom. The van der Waals surface area contributed by atoms with E-state index in [4.69, 9.17) is 0 Å². The van der Waals surface area contributed by atoms with Gasteiger partial charge in [0.2, 0.25) is 5.91 Å². The lowest BCUT2D eigenvalue weighted by Crippen LogP contribution is -2.32. The Hall–Kier alpha value is -2.21. The number of amides is 1. The number of carbonyl (C=O) groups is 2. The maximum Gasteiger partial charge on any atom is 0.312 e. The second-order valence-corrected chi connectivity index (χ2v) is 7.53. The van der Waals surface area contributed by atoms with Gasteiger partial charge in [0.25, 0.3) is 0 Å². The van der Waals surface area contributed by atoms with Crippen molar-refractivity contribution in [3.05, 3.63) is 52.0 Å². The third-order valence-electron chi connectivity index (χ3n) is 3.54. The zero-order valence-corrected chi connectivity index (χ0v) is 14.9. The van der Waals surface area contributed by atoms with Crippen LogP contribution in [0.2, 0.25) is 0 Å². The van der Waals surface area contributed by atoms with Crippen LogP contribution in [0.3, 0.4) is 0 Å². The number of rotatable bonds is 6. The Labute approximate surface area is 145 Å². The molecule has 1 heterocycles. The summed E-state index contributed by atoms with van der Waals surface area (Å²) in [6.07, 6.45) is 0.160. The van der Waals surface area contributed by atoms with Crippen LogP contribution in [0.15, 0.2) is 35.7 Å². The predicted molar refractivity (Wildman–Crippen MR) is 94.3 cm³/mol. The Morgan fingerprint density at radius 1 is 1.25 bits per heavy atom. The van der Waals surface area contributed by atoms with Crippen LogP contribution in [0.5, 0.6) is 0 Å². The molecule has 1 unspecified atom stereocenters. The summed E-state index contributed by atoms with van der Waals surface area (Å²) in [6.45, 7) is 6.29. The number of benzene rings is 1. The van der Waals surface area contributed by atoms with Crippen molar-refractivity contribution in [2.75, 3.05) is 6.54 Å². The largest absolute Gasteiger partial charge is 0.481 e. The first-order chi connectivity index (χ1) is 11.3. The van der Waals surface area contributed by atoms with Gasteiger partial charge in [-0.2, -0.15) is 0 Å². The molecule has 24 heavy (non-hydrogen) atoms. The maximum absolute atomic E-state index is 12.1. The fourth-order valence-electron chi connectivity index (χ4n) is 2.21. The molecule has 2 aromatic rings. The molecule has 2 N–H and O–H groups in total. The molecule has 0 spiro atoms. The minimum absolute atomic E-state index is 0.0406. The van der Waals surface area contributed by atoms with E-state index in [-0.39, 0.29) is 24.3 Å².